The maximum atomic E-state index is 10.3. The van der Waals surface area contributed by atoms with E-state index in [4.69, 9.17) is 30.6 Å². The van der Waals surface area contributed by atoms with Crippen LogP contribution in [0.4, 0.5) is 0 Å². The molecule has 0 unspecified atom stereocenters. The van der Waals surface area contributed by atoms with Crippen LogP contribution in [0.25, 0.3) is 5.57 Å². The standard InChI is InChI=1S/C19H19NS.C7H6O5.C4H4O4/c1-20-12-10-14(11-13-20)19-15-6-2-4-8-17(15)21-18-9-5-3-7-16(18)19;8-4-1-3(7(11)12)2-5(9)6(4)10;5-3(6)1-2-4(7)8/h2-9H,10-13H2,1H3;1-2,8-10H,(H,11,12);1-2H,(H,5,6)(H,7,8). The molecule has 0 aromatic heterocycles. The summed E-state index contributed by atoms with van der Waals surface area (Å²) in [5.41, 5.74) is 5.71. The Morgan fingerprint density at radius 2 is 1.20 bits per heavy atom. The van der Waals surface area contributed by atoms with Crippen LogP contribution in [0.3, 0.4) is 0 Å². The number of hydrogen-bond acceptors (Lipinski definition) is 8. The Balaban J connectivity index is 0.000000196. The minimum atomic E-state index is -1.29. The number of likely N-dealkylation sites (tertiary alicyclic amines) is 1. The SMILES string of the molecule is CN1CCC(=C2c3ccccc3Sc3ccccc32)CC1.O=C(O)C=CC(=O)O.O=C(O)c1cc(O)c(O)c(O)c1. The average Bonchev–Trinajstić information content (AvgIpc) is 2.94. The third-order valence-electron chi connectivity index (χ3n) is 6.16. The van der Waals surface area contributed by atoms with Crippen LogP contribution in [-0.4, -0.2) is 73.6 Å². The molecule has 5 rings (SSSR count). The first-order valence-corrected chi connectivity index (χ1v) is 13.2. The highest BCUT2D eigenvalue weighted by Crippen LogP contribution is 2.47. The number of aromatic hydroxyl groups is 3. The van der Waals surface area contributed by atoms with Gasteiger partial charge >= 0.3 is 17.9 Å². The molecule has 11 heteroatoms. The van der Waals surface area contributed by atoms with Crippen molar-refractivity contribution in [1.29, 1.82) is 0 Å². The van der Waals surface area contributed by atoms with E-state index >= 15 is 0 Å². The summed E-state index contributed by atoms with van der Waals surface area (Å²) in [7, 11) is 2.22. The van der Waals surface area contributed by atoms with Crippen LogP contribution < -0.4 is 0 Å². The minimum Gasteiger partial charge on any atom is -0.504 e. The van der Waals surface area contributed by atoms with Crippen LogP contribution in [-0.2, 0) is 9.59 Å². The van der Waals surface area contributed by atoms with Crippen LogP contribution in [0.15, 0.2) is 88.2 Å². The zero-order valence-electron chi connectivity index (χ0n) is 22.0. The highest BCUT2D eigenvalue weighted by atomic mass is 32.2. The Morgan fingerprint density at radius 3 is 1.61 bits per heavy atom. The van der Waals surface area contributed by atoms with Crippen molar-refractivity contribution < 1.29 is 45.0 Å². The third kappa shape index (κ3) is 8.37. The molecule has 0 aliphatic carbocycles. The molecule has 214 valence electrons. The van der Waals surface area contributed by atoms with Crippen molar-refractivity contribution in [3.8, 4) is 17.2 Å². The van der Waals surface area contributed by atoms with E-state index in [1.807, 2.05) is 11.8 Å². The number of carbonyl (C=O) groups is 3. The van der Waals surface area contributed by atoms with Crippen molar-refractivity contribution in [2.24, 2.45) is 0 Å². The van der Waals surface area contributed by atoms with Crippen LogP contribution in [0.2, 0.25) is 0 Å². The van der Waals surface area contributed by atoms with Crippen molar-refractivity contribution in [3.63, 3.8) is 0 Å². The zero-order valence-corrected chi connectivity index (χ0v) is 22.8. The quantitative estimate of drug-likeness (QED) is 0.144. The number of rotatable bonds is 3. The number of hydrogen-bond donors (Lipinski definition) is 6. The molecule has 41 heavy (non-hydrogen) atoms. The second-order valence-electron chi connectivity index (χ2n) is 9.05. The van der Waals surface area contributed by atoms with Crippen molar-refractivity contribution in [1.82, 2.24) is 4.90 Å². The Kier molecular flexibility index (Phi) is 10.6. The fraction of sp³-hybridized carbons (Fsp3) is 0.167. The second-order valence-corrected chi connectivity index (χ2v) is 10.1. The highest BCUT2D eigenvalue weighted by molar-refractivity contribution is 7.99. The number of benzene rings is 3. The van der Waals surface area contributed by atoms with Crippen molar-refractivity contribution in [2.45, 2.75) is 22.6 Å². The van der Waals surface area contributed by atoms with Crippen LogP contribution in [0.5, 0.6) is 17.2 Å². The topological polar surface area (TPSA) is 176 Å². The van der Waals surface area contributed by atoms with Gasteiger partial charge in [-0.25, -0.2) is 14.4 Å². The number of carboxylic acids is 3. The normalized spacial score (nSPS) is 14.1. The Bertz CT molecular complexity index is 1420. The number of piperidine rings is 1. The number of fused-ring (bicyclic) bond motifs is 2. The first kappa shape index (κ1) is 30.8. The summed E-state index contributed by atoms with van der Waals surface area (Å²) in [6, 6.07) is 19.4. The monoisotopic (exact) mass is 579 g/mol. The van der Waals surface area contributed by atoms with Gasteiger partial charge in [0, 0.05) is 35.0 Å². The molecule has 1 fully saturated rings. The largest absolute Gasteiger partial charge is 0.504 e. The predicted molar refractivity (Wildman–Crippen MR) is 153 cm³/mol. The Morgan fingerprint density at radius 1 is 0.756 bits per heavy atom. The summed E-state index contributed by atoms with van der Waals surface area (Å²) in [6.07, 6.45) is 3.50. The molecule has 0 atom stereocenters. The summed E-state index contributed by atoms with van der Waals surface area (Å²) in [5, 5.41) is 50.6. The summed E-state index contributed by atoms with van der Waals surface area (Å²) in [4.78, 5) is 34.7. The minimum absolute atomic E-state index is 0.289. The second kappa shape index (κ2) is 14.1. The van der Waals surface area contributed by atoms with Crippen molar-refractivity contribution in [2.75, 3.05) is 20.1 Å². The summed E-state index contributed by atoms with van der Waals surface area (Å²) in [5.74, 6) is -5.85. The number of aromatic carboxylic acids is 1. The number of phenols is 3. The summed E-state index contributed by atoms with van der Waals surface area (Å²) in [6.45, 7) is 2.35. The molecule has 2 heterocycles. The molecule has 3 aromatic rings. The average molecular weight is 580 g/mol. The molecule has 0 radical (unpaired) electrons. The molecule has 0 bridgehead atoms. The van der Waals surface area contributed by atoms with E-state index < -0.39 is 35.2 Å². The zero-order chi connectivity index (χ0) is 30.1. The molecule has 0 spiro atoms. The fourth-order valence-electron chi connectivity index (χ4n) is 4.18. The smallest absolute Gasteiger partial charge is 0.335 e. The van der Waals surface area contributed by atoms with E-state index in [9.17, 15) is 14.4 Å². The molecule has 6 N–H and O–H groups in total. The molecular formula is C30H29NO9S. The van der Waals surface area contributed by atoms with Crippen molar-refractivity contribution >= 4 is 35.2 Å². The van der Waals surface area contributed by atoms with E-state index in [1.54, 1.807) is 5.57 Å². The highest BCUT2D eigenvalue weighted by Gasteiger charge is 2.24. The lowest BCUT2D eigenvalue weighted by molar-refractivity contribution is -0.134. The first-order chi connectivity index (χ1) is 19.5. The van der Waals surface area contributed by atoms with E-state index in [2.05, 4.69) is 60.5 Å². The van der Waals surface area contributed by atoms with E-state index in [1.165, 1.54) is 52.4 Å². The van der Waals surface area contributed by atoms with Gasteiger partial charge in [0.05, 0.1) is 5.56 Å². The van der Waals surface area contributed by atoms with Gasteiger partial charge in [-0.05, 0) is 60.9 Å². The van der Waals surface area contributed by atoms with Gasteiger partial charge < -0.3 is 35.5 Å². The maximum Gasteiger partial charge on any atom is 0.335 e. The first-order valence-electron chi connectivity index (χ1n) is 12.4. The molecule has 2 aliphatic rings. The van der Waals surface area contributed by atoms with Crippen LogP contribution in [0.1, 0.15) is 34.3 Å². The maximum absolute atomic E-state index is 10.3. The van der Waals surface area contributed by atoms with E-state index in [0.29, 0.717) is 12.2 Å². The number of carboxylic acid groups (broad SMARTS) is 3. The van der Waals surface area contributed by atoms with Gasteiger partial charge in [0.25, 0.3) is 0 Å². The number of nitrogens with zero attached hydrogens (tertiary/aromatic N) is 1. The molecular weight excluding hydrogens is 550 g/mol. The Hall–Kier alpha value is -4.74. The molecule has 1 saturated heterocycles. The van der Waals surface area contributed by atoms with E-state index in [0.717, 1.165) is 12.1 Å². The lowest BCUT2D eigenvalue weighted by Crippen LogP contribution is -2.27. The van der Waals surface area contributed by atoms with Crippen molar-refractivity contribution in [3.05, 3.63) is 95.1 Å². The lowest BCUT2D eigenvalue weighted by Gasteiger charge is -2.30. The number of aliphatic carboxylic acids is 2. The predicted octanol–water partition coefficient (Wildman–Crippen LogP) is 4.89. The molecule has 0 amide bonds. The summed E-state index contributed by atoms with van der Waals surface area (Å²) < 4.78 is 0. The summed E-state index contributed by atoms with van der Waals surface area (Å²) >= 11 is 1.91. The van der Waals surface area contributed by atoms with Gasteiger partial charge in [0.15, 0.2) is 17.2 Å². The van der Waals surface area contributed by atoms with Gasteiger partial charge in [-0.2, -0.15) is 0 Å². The third-order valence-corrected chi connectivity index (χ3v) is 7.31. The van der Waals surface area contributed by atoms with Gasteiger partial charge in [0.2, 0.25) is 0 Å². The molecule has 3 aromatic carbocycles. The van der Waals surface area contributed by atoms with Crippen LogP contribution in [0, 0.1) is 0 Å². The van der Waals surface area contributed by atoms with E-state index in [-0.39, 0.29) is 5.56 Å². The fourth-order valence-corrected chi connectivity index (χ4v) is 5.27. The van der Waals surface area contributed by atoms with Gasteiger partial charge in [-0.15, -0.1) is 0 Å². The molecule has 10 nitrogen and oxygen atoms in total. The molecule has 2 aliphatic heterocycles. The Labute approximate surface area is 240 Å². The molecule has 0 saturated carbocycles. The number of phenolic OH excluding ortho intramolecular Hbond substituents is 3. The van der Waals surface area contributed by atoms with Gasteiger partial charge in [-0.1, -0.05) is 53.7 Å². The van der Waals surface area contributed by atoms with Crippen LogP contribution >= 0.6 is 11.8 Å². The van der Waals surface area contributed by atoms with Gasteiger partial charge in [-0.3, -0.25) is 0 Å². The lowest BCUT2D eigenvalue weighted by atomic mass is 9.88. The van der Waals surface area contributed by atoms with Gasteiger partial charge in [0.1, 0.15) is 0 Å².